The number of rotatable bonds is 4. The maximum Gasteiger partial charge on any atom is 0.163 e. The zero-order valence-corrected chi connectivity index (χ0v) is 15.0. The van der Waals surface area contributed by atoms with Gasteiger partial charge in [0, 0.05) is 10.9 Å². The molecule has 4 aromatic rings. The molecule has 4 nitrogen and oxygen atoms in total. The molecule has 128 valence electrons. The minimum atomic E-state index is 0.589. The minimum absolute atomic E-state index is 0.589. The van der Waals surface area contributed by atoms with Gasteiger partial charge in [0.25, 0.3) is 0 Å². The molecule has 26 heavy (non-hydrogen) atoms. The fraction of sp³-hybridized carbons (Fsp3) is 0.0476. The van der Waals surface area contributed by atoms with Crippen molar-refractivity contribution in [3.63, 3.8) is 0 Å². The summed E-state index contributed by atoms with van der Waals surface area (Å²) in [6.45, 7) is 2.01. The van der Waals surface area contributed by atoms with E-state index in [0.29, 0.717) is 16.7 Å². The lowest BCUT2D eigenvalue weighted by Gasteiger charge is -2.13. The number of benzene rings is 3. The molecule has 0 fully saturated rings. The van der Waals surface area contributed by atoms with E-state index >= 15 is 0 Å². The van der Waals surface area contributed by atoms with E-state index in [9.17, 15) is 0 Å². The molecule has 3 aromatic carbocycles. The Bertz CT molecular complexity index is 1060. The second-order valence-corrected chi connectivity index (χ2v) is 6.42. The van der Waals surface area contributed by atoms with Crippen LogP contribution in [0, 0.1) is 6.92 Å². The van der Waals surface area contributed by atoms with Crippen LogP contribution in [0.1, 0.15) is 5.56 Å². The molecule has 0 unspecified atom stereocenters. The maximum atomic E-state index is 6.42. The summed E-state index contributed by atoms with van der Waals surface area (Å²) in [4.78, 5) is 9.40. The predicted octanol–water partition coefficient (Wildman–Crippen LogP) is 5.70. The molecule has 0 radical (unpaired) electrons. The van der Waals surface area contributed by atoms with Gasteiger partial charge < -0.3 is 0 Å². The smallest absolute Gasteiger partial charge is 0.163 e. The molecule has 0 aliphatic rings. The van der Waals surface area contributed by atoms with E-state index < -0.39 is 0 Å². The van der Waals surface area contributed by atoms with Crippen molar-refractivity contribution in [1.82, 2.24) is 9.97 Å². The highest BCUT2D eigenvalue weighted by atomic mass is 35.5. The maximum absolute atomic E-state index is 6.42. The highest BCUT2D eigenvalue weighted by Gasteiger charge is 2.12. The summed E-state index contributed by atoms with van der Waals surface area (Å²) in [6, 6.07) is 23.7. The van der Waals surface area contributed by atoms with Crippen LogP contribution in [0.4, 0.5) is 11.5 Å². The van der Waals surface area contributed by atoms with Crippen LogP contribution < -0.4 is 10.9 Å². The number of aryl methyl sites for hydroxylation is 1. The van der Waals surface area contributed by atoms with Gasteiger partial charge in [-0.3, -0.25) is 10.9 Å². The second kappa shape index (κ2) is 7.02. The normalized spacial score (nSPS) is 10.7. The topological polar surface area (TPSA) is 49.8 Å². The number of hydrazine groups is 1. The first-order chi connectivity index (χ1) is 12.7. The predicted molar refractivity (Wildman–Crippen MR) is 108 cm³/mol. The average Bonchev–Trinajstić information content (AvgIpc) is 2.67. The number of fused-ring (bicyclic) bond motifs is 1. The van der Waals surface area contributed by atoms with Crippen LogP contribution in [0.2, 0.25) is 5.02 Å². The Morgan fingerprint density at radius 3 is 2.38 bits per heavy atom. The van der Waals surface area contributed by atoms with Crippen LogP contribution in [0.15, 0.2) is 72.8 Å². The van der Waals surface area contributed by atoms with E-state index in [4.69, 9.17) is 16.6 Å². The first-order valence-corrected chi connectivity index (χ1v) is 8.69. The van der Waals surface area contributed by atoms with Crippen molar-refractivity contribution in [3.05, 3.63) is 83.4 Å². The number of hydrogen-bond donors (Lipinski definition) is 2. The summed E-state index contributed by atoms with van der Waals surface area (Å²) >= 11 is 6.42. The van der Waals surface area contributed by atoms with Crippen LogP contribution in [-0.4, -0.2) is 9.97 Å². The zero-order chi connectivity index (χ0) is 17.9. The van der Waals surface area contributed by atoms with Gasteiger partial charge in [-0.1, -0.05) is 48.0 Å². The Kier molecular flexibility index (Phi) is 4.42. The SMILES string of the molecule is Cc1ccc(-c2nc(NNc3ccccc3)c3ccccc3n2)c(Cl)c1. The third-order valence-corrected chi connectivity index (χ3v) is 4.38. The third kappa shape index (κ3) is 3.32. The average molecular weight is 361 g/mol. The molecule has 0 bridgehead atoms. The fourth-order valence-electron chi connectivity index (χ4n) is 2.75. The van der Waals surface area contributed by atoms with Crippen LogP contribution in [0.5, 0.6) is 0 Å². The molecule has 0 spiro atoms. The van der Waals surface area contributed by atoms with Gasteiger partial charge in [0.15, 0.2) is 11.6 Å². The van der Waals surface area contributed by atoms with Gasteiger partial charge in [0.1, 0.15) is 0 Å². The van der Waals surface area contributed by atoms with E-state index in [-0.39, 0.29) is 0 Å². The Morgan fingerprint density at radius 2 is 1.58 bits per heavy atom. The largest absolute Gasteiger partial charge is 0.300 e. The van der Waals surface area contributed by atoms with Crippen LogP contribution >= 0.6 is 11.6 Å². The Hall–Kier alpha value is -3.11. The summed E-state index contributed by atoms with van der Waals surface area (Å²) in [5.41, 5.74) is 10.1. The molecule has 4 rings (SSSR count). The molecule has 0 aliphatic heterocycles. The standard InChI is InChI=1S/C21H17ClN4/c1-14-11-12-16(18(22)13-14)20-23-19-10-6-5-9-17(19)21(24-20)26-25-15-7-3-2-4-8-15/h2-13,25H,1H3,(H,23,24,26). The third-order valence-electron chi connectivity index (χ3n) is 4.07. The van der Waals surface area contributed by atoms with E-state index in [1.54, 1.807) is 0 Å². The number of nitrogens with zero attached hydrogens (tertiary/aromatic N) is 2. The first kappa shape index (κ1) is 16.4. The van der Waals surface area contributed by atoms with E-state index in [1.165, 1.54) is 0 Å². The molecule has 1 aromatic heterocycles. The number of anilines is 2. The van der Waals surface area contributed by atoms with Crippen LogP contribution in [0.25, 0.3) is 22.3 Å². The molecule has 0 saturated carbocycles. The Labute approximate surface area is 156 Å². The van der Waals surface area contributed by atoms with Crippen LogP contribution in [-0.2, 0) is 0 Å². The summed E-state index contributed by atoms with van der Waals surface area (Å²) in [7, 11) is 0. The van der Waals surface area contributed by atoms with Gasteiger partial charge in [-0.2, -0.15) is 0 Å². The van der Waals surface area contributed by atoms with Gasteiger partial charge in [-0.05, 0) is 48.9 Å². The summed E-state index contributed by atoms with van der Waals surface area (Å²) < 4.78 is 0. The van der Waals surface area contributed by atoms with Gasteiger partial charge in [0.2, 0.25) is 0 Å². The van der Waals surface area contributed by atoms with Crippen LogP contribution in [0.3, 0.4) is 0 Å². The van der Waals surface area contributed by atoms with Crippen molar-refractivity contribution in [2.45, 2.75) is 6.92 Å². The van der Waals surface area contributed by atoms with E-state index in [2.05, 4.69) is 15.8 Å². The van der Waals surface area contributed by atoms with Crippen molar-refractivity contribution in [2.75, 3.05) is 10.9 Å². The van der Waals surface area contributed by atoms with E-state index in [0.717, 1.165) is 27.7 Å². The van der Waals surface area contributed by atoms with Crippen molar-refractivity contribution in [3.8, 4) is 11.4 Å². The summed E-state index contributed by atoms with van der Waals surface area (Å²) in [5, 5.41) is 1.57. The molecular formula is C21H17ClN4. The molecule has 5 heteroatoms. The van der Waals surface area contributed by atoms with Gasteiger partial charge >= 0.3 is 0 Å². The van der Waals surface area contributed by atoms with Gasteiger partial charge in [0.05, 0.1) is 16.2 Å². The van der Waals surface area contributed by atoms with E-state index in [1.807, 2.05) is 79.7 Å². The first-order valence-electron chi connectivity index (χ1n) is 8.31. The van der Waals surface area contributed by atoms with Crippen molar-refractivity contribution >= 4 is 34.0 Å². The lowest BCUT2D eigenvalue weighted by Crippen LogP contribution is -2.11. The molecule has 2 N–H and O–H groups in total. The quantitative estimate of drug-likeness (QED) is 0.458. The number of nitrogens with one attached hydrogen (secondary N) is 2. The number of aromatic nitrogens is 2. The molecular weight excluding hydrogens is 344 g/mol. The lowest BCUT2D eigenvalue weighted by atomic mass is 10.1. The molecule has 0 saturated heterocycles. The monoisotopic (exact) mass is 360 g/mol. The zero-order valence-electron chi connectivity index (χ0n) is 14.2. The highest BCUT2D eigenvalue weighted by Crippen LogP contribution is 2.30. The molecule has 0 amide bonds. The van der Waals surface area contributed by atoms with Gasteiger partial charge in [-0.15, -0.1) is 0 Å². The van der Waals surface area contributed by atoms with Crippen molar-refractivity contribution < 1.29 is 0 Å². The van der Waals surface area contributed by atoms with Crippen molar-refractivity contribution in [1.29, 1.82) is 0 Å². The number of para-hydroxylation sites is 2. The Balaban J connectivity index is 1.78. The van der Waals surface area contributed by atoms with Gasteiger partial charge in [-0.25, -0.2) is 9.97 Å². The molecule has 0 aliphatic carbocycles. The van der Waals surface area contributed by atoms with Crippen molar-refractivity contribution in [2.24, 2.45) is 0 Å². The number of hydrogen-bond acceptors (Lipinski definition) is 4. The lowest BCUT2D eigenvalue weighted by molar-refractivity contribution is 1.20. The highest BCUT2D eigenvalue weighted by molar-refractivity contribution is 6.33. The Morgan fingerprint density at radius 1 is 0.808 bits per heavy atom. The number of halogens is 1. The molecule has 1 heterocycles. The summed E-state index contributed by atoms with van der Waals surface area (Å²) in [5.74, 6) is 1.29. The fourth-order valence-corrected chi connectivity index (χ4v) is 3.07. The minimum Gasteiger partial charge on any atom is -0.300 e. The second-order valence-electron chi connectivity index (χ2n) is 6.01. The summed E-state index contributed by atoms with van der Waals surface area (Å²) in [6.07, 6.45) is 0. The molecule has 0 atom stereocenters.